The smallest absolute Gasteiger partial charge is 0.241 e. The lowest BCUT2D eigenvalue weighted by atomic mass is 10.0. The van der Waals surface area contributed by atoms with Gasteiger partial charge < -0.3 is 10.4 Å². The molecule has 6 nitrogen and oxygen atoms in total. The normalized spacial score (nSPS) is 23.9. The Morgan fingerprint density at radius 1 is 1.21 bits per heavy atom. The van der Waals surface area contributed by atoms with Gasteiger partial charge in [-0.25, -0.2) is 0 Å². The number of piperidine rings is 1. The van der Waals surface area contributed by atoms with Crippen molar-refractivity contribution in [3.63, 3.8) is 0 Å². The molecule has 2 aliphatic rings. The molecular formula is C23H30N4O2. The lowest BCUT2D eigenvalue weighted by molar-refractivity contribution is -0.121. The molecule has 0 radical (unpaired) electrons. The van der Waals surface area contributed by atoms with E-state index in [1.54, 1.807) is 12.4 Å². The molecule has 2 aliphatic heterocycles. The van der Waals surface area contributed by atoms with Gasteiger partial charge in [0, 0.05) is 25.3 Å². The summed E-state index contributed by atoms with van der Waals surface area (Å²) < 4.78 is 0. The van der Waals surface area contributed by atoms with Crippen molar-refractivity contribution >= 4 is 11.6 Å². The predicted octanol–water partition coefficient (Wildman–Crippen LogP) is 2.43. The maximum atomic E-state index is 13.0. The molecule has 0 aliphatic carbocycles. The van der Waals surface area contributed by atoms with Crippen molar-refractivity contribution in [2.45, 2.75) is 50.9 Å². The summed E-state index contributed by atoms with van der Waals surface area (Å²) in [6, 6.07) is 12.5. The Kier molecular flexibility index (Phi) is 6.23. The molecule has 2 fully saturated rings. The third-order valence-electron chi connectivity index (χ3n) is 6.19. The summed E-state index contributed by atoms with van der Waals surface area (Å²) in [6.07, 6.45) is 5.51. The van der Waals surface area contributed by atoms with E-state index >= 15 is 0 Å². The average Bonchev–Trinajstić information content (AvgIpc) is 3.13. The van der Waals surface area contributed by atoms with E-state index in [-0.39, 0.29) is 11.9 Å². The van der Waals surface area contributed by atoms with E-state index in [9.17, 15) is 9.90 Å². The van der Waals surface area contributed by atoms with Gasteiger partial charge in [-0.2, -0.15) is 0 Å². The minimum atomic E-state index is -0.442. The maximum Gasteiger partial charge on any atom is 0.241 e. The quantitative estimate of drug-likeness (QED) is 0.815. The highest BCUT2D eigenvalue weighted by molar-refractivity contribution is 5.95. The van der Waals surface area contributed by atoms with Gasteiger partial charge in [0.25, 0.3) is 0 Å². The molecule has 6 heteroatoms. The van der Waals surface area contributed by atoms with E-state index in [0.29, 0.717) is 19.0 Å². The molecule has 2 aromatic rings. The largest absolute Gasteiger partial charge is 0.392 e. The number of carbonyl (C=O) groups is 1. The first-order valence-corrected chi connectivity index (χ1v) is 10.5. The number of hydrogen-bond acceptors (Lipinski definition) is 5. The number of pyridine rings is 1. The third kappa shape index (κ3) is 4.83. The van der Waals surface area contributed by atoms with Gasteiger partial charge >= 0.3 is 0 Å². The van der Waals surface area contributed by atoms with Crippen LogP contribution in [0.2, 0.25) is 0 Å². The second-order valence-corrected chi connectivity index (χ2v) is 8.27. The van der Waals surface area contributed by atoms with Crippen LogP contribution in [0.3, 0.4) is 0 Å². The van der Waals surface area contributed by atoms with Gasteiger partial charge in [0.1, 0.15) is 0 Å². The highest BCUT2D eigenvalue weighted by Gasteiger charge is 2.40. The number of aryl methyl sites for hydroxylation is 1. The zero-order valence-corrected chi connectivity index (χ0v) is 17.0. The number of aliphatic hydroxyl groups is 1. The van der Waals surface area contributed by atoms with Crippen LogP contribution < -0.4 is 5.32 Å². The summed E-state index contributed by atoms with van der Waals surface area (Å²) in [7, 11) is 0. The van der Waals surface area contributed by atoms with Gasteiger partial charge in [0.05, 0.1) is 24.0 Å². The number of aromatic nitrogens is 1. The molecule has 2 N–H and O–H groups in total. The molecular weight excluding hydrogens is 364 g/mol. The number of likely N-dealkylation sites (tertiary alicyclic amines) is 2. The van der Waals surface area contributed by atoms with Crippen LogP contribution in [0, 0.1) is 6.92 Å². The topological polar surface area (TPSA) is 68.7 Å². The van der Waals surface area contributed by atoms with Crippen molar-refractivity contribution in [3.8, 4) is 0 Å². The number of carbonyl (C=O) groups excluding carboxylic acids is 1. The molecule has 4 rings (SSSR count). The number of nitrogens with zero attached hydrogens (tertiary/aromatic N) is 3. The van der Waals surface area contributed by atoms with Crippen LogP contribution in [0.25, 0.3) is 0 Å². The molecule has 0 unspecified atom stereocenters. The lowest BCUT2D eigenvalue weighted by Gasteiger charge is -2.39. The Morgan fingerprint density at radius 3 is 2.69 bits per heavy atom. The molecule has 0 spiro atoms. The van der Waals surface area contributed by atoms with Crippen molar-refractivity contribution < 1.29 is 9.90 Å². The molecule has 1 aromatic heterocycles. The second-order valence-electron chi connectivity index (χ2n) is 8.27. The number of amides is 1. The van der Waals surface area contributed by atoms with Crippen LogP contribution in [0.1, 0.15) is 30.4 Å². The van der Waals surface area contributed by atoms with Crippen molar-refractivity contribution in [2.24, 2.45) is 0 Å². The van der Waals surface area contributed by atoms with E-state index in [4.69, 9.17) is 0 Å². The highest BCUT2D eigenvalue weighted by atomic mass is 16.3. The Hall–Kier alpha value is -2.28. The van der Waals surface area contributed by atoms with Gasteiger partial charge in [-0.3, -0.25) is 19.6 Å². The summed E-state index contributed by atoms with van der Waals surface area (Å²) in [6.45, 7) is 5.54. The highest BCUT2D eigenvalue weighted by Crippen LogP contribution is 2.28. The molecule has 1 amide bonds. The van der Waals surface area contributed by atoms with Gasteiger partial charge in [-0.1, -0.05) is 30.3 Å². The van der Waals surface area contributed by atoms with Crippen LogP contribution in [0.15, 0.2) is 48.8 Å². The molecule has 0 saturated carbocycles. The fourth-order valence-corrected chi connectivity index (χ4v) is 4.56. The zero-order valence-electron chi connectivity index (χ0n) is 17.0. The number of benzene rings is 1. The summed E-state index contributed by atoms with van der Waals surface area (Å²) in [5.74, 6) is -0.0376. The fourth-order valence-electron chi connectivity index (χ4n) is 4.56. The molecule has 29 heavy (non-hydrogen) atoms. The summed E-state index contributed by atoms with van der Waals surface area (Å²) in [5.41, 5.74) is 3.08. The molecule has 154 valence electrons. The molecule has 0 bridgehead atoms. The Morgan fingerprint density at radius 2 is 1.97 bits per heavy atom. The number of anilines is 1. The standard InChI is InChI=1S/C23H30N4O2/c1-17-7-10-24-14-21(17)25-23(29)22-13-20(28)16-27(22)19-8-11-26(12-9-19)15-18-5-3-2-4-6-18/h2-7,10,14,19-20,22,28H,8-9,11-13,15-16H2,1H3,(H,25,29)/t20-,22+/m1/s1. The Bertz CT molecular complexity index is 821. The van der Waals surface area contributed by atoms with Gasteiger partial charge in [-0.15, -0.1) is 0 Å². The SMILES string of the molecule is Cc1ccncc1NC(=O)[C@@H]1C[C@@H](O)CN1C1CCN(Cc2ccccc2)CC1. The van der Waals surface area contributed by atoms with Crippen LogP contribution in [0.5, 0.6) is 0 Å². The molecule has 3 heterocycles. The lowest BCUT2D eigenvalue weighted by Crippen LogP contribution is -2.50. The van der Waals surface area contributed by atoms with Crippen LogP contribution in [-0.4, -0.2) is 63.6 Å². The number of β-amino-alcohol motifs (C(OH)–C–C–N with tert-alkyl or cyclic N) is 1. The number of hydrogen-bond donors (Lipinski definition) is 2. The van der Waals surface area contributed by atoms with Crippen molar-refractivity contribution in [1.82, 2.24) is 14.8 Å². The third-order valence-corrected chi connectivity index (χ3v) is 6.19. The van der Waals surface area contributed by atoms with Gasteiger partial charge in [-0.05, 0) is 56.5 Å². The number of aliphatic hydroxyl groups excluding tert-OH is 1. The summed E-state index contributed by atoms with van der Waals surface area (Å²) >= 11 is 0. The fraction of sp³-hybridized carbons (Fsp3) is 0.478. The minimum Gasteiger partial charge on any atom is -0.392 e. The van der Waals surface area contributed by atoms with Crippen molar-refractivity contribution in [3.05, 3.63) is 59.9 Å². The van der Waals surface area contributed by atoms with Crippen LogP contribution in [-0.2, 0) is 11.3 Å². The maximum absolute atomic E-state index is 13.0. The van der Waals surface area contributed by atoms with E-state index < -0.39 is 6.10 Å². The average molecular weight is 395 g/mol. The van der Waals surface area contributed by atoms with Crippen LogP contribution in [0.4, 0.5) is 5.69 Å². The Balaban J connectivity index is 1.36. The van der Waals surface area contributed by atoms with Crippen molar-refractivity contribution in [2.75, 3.05) is 25.0 Å². The second kappa shape index (κ2) is 9.03. The summed E-state index contributed by atoms with van der Waals surface area (Å²) in [4.78, 5) is 21.8. The number of nitrogens with one attached hydrogen (secondary N) is 1. The molecule has 1 aromatic carbocycles. The van der Waals surface area contributed by atoms with E-state index in [2.05, 4.69) is 44.4 Å². The predicted molar refractivity (Wildman–Crippen MR) is 113 cm³/mol. The zero-order chi connectivity index (χ0) is 20.2. The van der Waals surface area contributed by atoms with Gasteiger partial charge in [0.15, 0.2) is 0 Å². The van der Waals surface area contributed by atoms with E-state index in [0.717, 1.165) is 43.7 Å². The first-order chi connectivity index (χ1) is 14.1. The monoisotopic (exact) mass is 394 g/mol. The minimum absolute atomic E-state index is 0.0376. The Labute approximate surface area is 172 Å². The molecule has 2 atom stereocenters. The van der Waals surface area contributed by atoms with Crippen LogP contribution >= 0.6 is 0 Å². The van der Waals surface area contributed by atoms with E-state index in [1.807, 2.05) is 19.1 Å². The molecule has 2 saturated heterocycles. The first kappa shape index (κ1) is 20.0. The van der Waals surface area contributed by atoms with E-state index in [1.165, 1.54) is 5.56 Å². The first-order valence-electron chi connectivity index (χ1n) is 10.5. The van der Waals surface area contributed by atoms with Gasteiger partial charge in [0.2, 0.25) is 5.91 Å². The summed E-state index contributed by atoms with van der Waals surface area (Å²) in [5, 5.41) is 13.3. The van der Waals surface area contributed by atoms with Crippen molar-refractivity contribution in [1.29, 1.82) is 0 Å². The number of rotatable bonds is 5.